The summed E-state index contributed by atoms with van der Waals surface area (Å²) in [6.45, 7) is 1.35. The van der Waals surface area contributed by atoms with Gasteiger partial charge in [-0.05, 0) is 48.6 Å². The zero-order valence-corrected chi connectivity index (χ0v) is 12.7. The van der Waals surface area contributed by atoms with Gasteiger partial charge in [0.15, 0.2) is 0 Å². The fourth-order valence-electron chi connectivity index (χ4n) is 3.10. The number of thiophene rings is 1. The molecule has 1 saturated carbocycles. The Morgan fingerprint density at radius 2 is 2.40 bits per heavy atom. The topological polar surface area (TPSA) is 55.6 Å². The van der Waals surface area contributed by atoms with E-state index in [0.717, 1.165) is 13.0 Å². The SMILES string of the molecule is COCCC(N)C(=O)N1CCc2sccc2C1C1CC1. The first-order valence-electron chi connectivity index (χ1n) is 7.33. The largest absolute Gasteiger partial charge is 0.385 e. The molecule has 4 nitrogen and oxygen atoms in total. The first-order valence-corrected chi connectivity index (χ1v) is 8.21. The molecule has 1 aliphatic carbocycles. The van der Waals surface area contributed by atoms with Gasteiger partial charge >= 0.3 is 0 Å². The lowest BCUT2D eigenvalue weighted by atomic mass is 9.95. The lowest BCUT2D eigenvalue weighted by Gasteiger charge is -2.37. The Hall–Kier alpha value is -0.910. The van der Waals surface area contributed by atoms with Crippen LogP contribution >= 0.6 is 11.3 Å². The van der Waals surface area contributed by atoms with Crippen molar-refractivity contribution in [3.05, 3.63) is 21.9 Å². The number of amides is 1. The Kier molecular flexibility index (Phi) is 4.10. The maximum Gasteiger partial charge on any atom is 0.240 e. The van der Waals surface area contributed by atoms with Gasteiger partial charge in [-0.15, -0.1) is 11.3 Å². The van der Waals surface area contributed by atoms with Gasteiger partial charge < -0.3 is 15.4 Å². The quantitative estimate of drug-likeness (QED) is 0.903. The molecule has 1 aromatic heterocycles. The monoisotopic (exact) mass is 294 g/mol. The molecule has 0 bridgehead atoms. The molecule has 0 saturated heterocycles. The lowest BCUT2D eigenvalue weighted by Crippen LogP contribution is -2.48. The van der Waals surface area contributed by atoms with E-state index in [-0.39, 0.29) is 11.9 Å². The minimum absolute atomic E-state index is 0.0933. The van der Waals surface area contributed by atoms with Crippen LogP contribution in [0.4, 0.5) is 0 Å². The van der Waals surface area contributed by atoms with Crippen molar-refractivity contribution in [2.75, 3.05) is 20.3 Å². The number of fused-ring (bicyclic) bond motifs is 1. The number of nitrogens with two attached hydrogens (primary N) is 1. The fraction of sp³-hybridized carbons (Fsp3) is 0.667. The molecule has 1 aromatic rings. The molecule has 5 heteroatoms. The molecular formula is C15H22N2O2S. The number of methoxy groups -OCH3 is 1. The minimum atomic E-state index is -0.434. The Labute approximate surface area is 123 Å². The first kappa shape index (κ1) is 14.0. The summed E-state index contributed by atoms with van der Waals surface area (Å²) in [5.41, 5.74) is 7.41. The molecule has 1 fully saturated rings. The molecule has 0 radical (unpaired) electrons. The van der Waals surface area contributed by atoms with E-state index in [1.807, 2.05) is 16.2 Å². The maximum absolute atomic E-state index is 12.6. The van der Waals surface area contributed by atoms with E-state index in [1.54, 1.807) is 7.11 Å². The normalized spacial score (nSPS) is 23.5. The Morgan fingerprint density at radius 3 is 3.10 bits per heavy atom. The third-order valence-corrected chi connectivity index (χ3v) is 5.31. The average Bonchev–Trinajstić information content (AvgIpc) is 3.19. The number of hydrogen-bond acceptors (Lipinski definition) is 4. The van der Waals surface area contributed by atoms with Crippen LogP contribution in [0.1, 0.15) is 35.7 Å². The van der Waals surface area contributed by atoms with Crippen LogP contribution < -0.4 is 5.73 Å². The molecule has 2 unspecified atom stereocenters. The molecule has 0 aromatic carbocycles. The molecular weight excluding hydrogens is 272 g/mol. The number of carbonyl (C=O) groups is 1. The van der Waals surface area contributed by atoms with Gasteiger partial charge in [0.2, 0.25) is 5.91 Å². The van der Waals surface area contributed by atoms with Crippen molar-refractivity contribution in [1.82, 2.24) is 4.90 Å². The molecule has 0 spiro atoms. The molecule has 3 rings (SSSR count). The van der Waals surface area contributed by atoms with Gasteiger partial charge in [-0.2, -0.15) is 0 Å². The standard InChI is InChI=1S/C15H22N2O2S/c1-19-8-5-12(16)15(18)17-7-4-13-11(6-9-20-13)14(17)10-2-3-10/h6,9-10,12,14H,2-5,7-8,16H2,1H3. The minimum Gasteiger partial charge on any atom is -0.385 e. The van der Waals surface area contributed by atoms with Gasteiger partial charge in [0, 0.05) is 25.1 Å². The summed E-state index contributed by atoms with van der Waals surface area (Å²) in [6.07, 6.45) is 4.03. The third kappa shape index (κ3) is 2.62. The maximum atomic E-state index is 12.6. The van der Waals surface area contributed by atoms with E-state index < -0.39 is 6.04 Å². The molecule has 1 amide bonds. The Bertz CT molecular complexity index is 484. The predicted molar refractivity (Wildman–Crippen MR) is 79.7 cm³/mol. The van der Waals surface area contributed by atoms with Crippen LogP contribution in [0.2, 0.25) is 0 Å². The number of carbonyl (C=O) groups excluding carboxylic acids is 1. The Morgan fingerprint density at radius 1 is 1.60 bits per heavy atom. The second-order valence-electron chi connectivity index (χ2n) is 5.75. The summed E-state index contributed by atoms with van der Waals surface area (Å²) in [5, 5.41) is 2.15. The van der Waals surface area contributed by atoms with Crippen molar-refractivity contribution in [3.8, 4) is 0 Å². The number of rotatable bonds is 5. The van der Waals surface area contributed by atoms with Gasteiger partial charge in [-0.3, -0.25) is 4.79 Å². The number of nitrogens with zero attached hydrogens (tertiary/aromatic N) is 1. The van der Waals surface area contributed by atoms with Gasteiger partial charge in [0.05, 0.1) is 12.1 Å². The second kappa shape index (κ2) is 5.84. The van der Waals surface area contributed by atoms with E-state index >= 15 is 0 Å². The number of ether oxygens (including phenoxy) is 1. The smallest absolute Gasteiger partial charge is 0.240 e. The van der Waals surface area contributed by atoms with E-state index in [4.69, 9.17) is 10.5 Å². The van der Waals surface area contributed by atoms with Gasteiger partial charge in [0.1, 0.15) is 0 Å². The lowest BCUT2D eigenvalue weighted by molar-refractivity contribution is -0.136. The summed E-state index contributed by atoms with van der Waals surface area (Å²) in [6, 6.07) is 2.03. The zero-order valence-electron chi connectivity index (χ0n) is 11.9. The van der Waals surface area contributed by atoms with Crippen LogP contribution in [0.15, 0.2) is 11.4 Å². The van der Waals surface area contributed by atoms with E-state index in [2.05, 4.69) is 11.4 Å². The van der Waals surface area contributed by atoms with Crippen LogP contribution in [-0.2, 0) is 16.0 Å². The van der Waals surface area contributed by atoms with Crippen molar-refractivity contribution in [3.63, 3.8) is 0 Å². The highest BCUT2D eigenvalue weighted by atomic mass is 32.1. The van der Waals surface area contributed by atoms with Crippen molar-refractivity contribution in [1.29, 1.82) is 0 Å². The van der Waals surface area contributed by atoms with Crippen molar-refractivity contribution in [2.24, 2.45) is 11.7 Å². The van der Waals surface area contributed by atoms with Gasteiger partial charge in [-0.1, -0.05) is 0 Å². The summed E-state index contributed by atoms with van der Waals surface area (Å²) < 4.78 is 5.03. The van der Waals surface area contributed by atoms with E-state index in [1.165, 1.54) is 23.3 Å². The van der Waals surface area contributed by atoms with Crippen molar-refractivity contribution >= 4 is 17.2 Å². The summed E-state index contributed by atoms with van der Waals surface area (Å²) in [5.74, 6) is 0.734. The highest BCUT2D eigenvalue weighted by Gasteiger charge is 2.42. The molecule has 20 heavy (non-hydrogen) atoms. The molecule has 110 valence electrons. The van der Waals surface area contributed by atoms with Crippen LogP contribution in [0.3, 0.4) is 0 Å². The average molecular weight is 294 g/mol. The molecule has 2 N–H and O–H groups in total. The van der Waals surface area contributed by atoms with Crippen LogP contribution in [-0.4, -0.2) is 37.1 Å². The highest BCUT2D eigenvalue weighted by molar-refractivity contribution is 7.10. The van der Waals surface area contributed by atoms with E-state index in [0.29, 0.717) is 18.9 Å². The van der Waals surface area contributed by atoms with Crippen LogP contribution in [0, 0.1) is 5.92 Å². The Balaban J connectivity index is 1.77. The second-order valence-corrected chi connectivity index (χ2v) is 6.75. The summed E-state index contributed by atoms with van der Waals surface area (Å²) in [4.78, 5) is 16.1. The van der Waals surface area contributed by atoms with Crippen molar-refractivity contribution < 1.29 is 9.53 Å². The molecule has 2 atom stereocenters. The fourth-order valence-corrected chi connectivity index (χ4v) is 4.01. The molecule has 1 aliphatic heterocycles. The van der Waals surface area contributed by atoms with Gasteiger partial charge in [0.25, 0.3) is 0 Å². The number of hydrogen-bond donors (Lipinski definition) is 1. The summed E-state index contributed by atoms with van der Waals surface area (Å²) in [7, 11) is 1.64. The predicted octanol–water partition coefficient (Wildman–Crippen LogP) is 1.95. The zero-order chi connectivity index (χ0) is 14.1. The third-order valence-electron chi connectivity index (χ3n) is 4.32. The van der Waals surface area contributed by atoms with Crippen LogP contribution in [0.5, 0.6) is 0 Å². The summed E-state index contributed by atoms with van der Waals surface area (Å²) >= 11 is 1.82. The highest BCUT2D eigenvalue weighted by Crippen LogP contribution is 2.48. The van der Waals surface area contributed by atoms with E-state index in [9.17, 15) is 4.79 Å². The van der Waals surface area contributed by atoms with Gasteiger partial charge in [-0.25, -0.2) is 0 Å². The first-order chi connectivity index (χ1) is 9.72. The molecule has 2 heterocycles. The molecule has 2 aliphatic rings. The van der Waals surface area contributed by atoms with Crippen molar-refractivity contribution in [2.45, 2.75) is 37.8 Å². The van der Waals surface area contributed by atoms with Crippen LogP contribution in [0.25, 0.3) is 0 Å².